The van der Waals surface area contributed by atoms with E-state index in [9.17, 15) is 0 Å². The molecule has 0 saturated heterocycles. The van der Waals surface area contributed by atoms with E-state index in [1.54, 1.807) is 5.01 Å². The van der Waals surface area contributed by atoms with Gasteiger partial charge in [0.2, 0.25) is 17.2 Å². The first-order valence-electron chi connectivity index (χ1n) is 4.21. The summed E-state index contributed by atoms with van der Waals surface area (Å²) < 4.78 is 0. The summed E-state index contributed by atoms with van der Waals surface area (Å²) in [7, 11) is 3.68. The molecule has 1 aromatic rings. The van der Waals surface area contributed by atoms with Crippen molar-refractivity contribution in [3.05, 3.63) is 5.28 Å². The lowest BCUT2D eigenvalue weighted by Gasteiger charge is -2.12. The summed E-state index contributed by atoms with van der Waals surface area (Å²) in [6, 6.07) is 0. The molecule has 78 valence electrons. The molecule has 0 aliphatic heterocycles. The van der Waals surface area contributed by atoms with Crippen LogP contribution in [-0.2, 0) is 0 Å². The molecule has 6 nitrogen and oxygen atoms in total. The first-order valence-corrected chi connectivity index (χ1v) is 4.59. The van der Waals surface area contributed by atoms with E-state index in [-0.39, 0.29) is 5.28 Å². The fourth-order valence-electron chi connectivity index (χ4n) is 0.837. The van der Waals surface area contributed by atoms with E-state index < -0.39 is 0 Å². The average molecular weight is 217 g/mol. The highest BCUT2D eigenvalue weighted by Gasteiger charge is 2.03. The van der Waals surface area contributed by atoms with E-state index in [4.69, 9.17) is 11.6 Å². The lowest BCUT2D eigenvalue weighted by Crippen LogP contribution is -2.22. The van der Waals surface area contributed by atoms with Crippen molar-refractivity contribution in [3.8, 4) is 0 Å². The second-order valence-electron chi connectivity index (χ2n) is 2.79. The van der Waals surface area contributed by atoms with Gasteiger partial charge in [0.25, 0.3) is 0 Å². The molecule has 0 atom stereocenters. The van der Waals surface area contributed by atoms with Gasteiger partial charge in [0.15, 0.2) is 0 Å². The second kappa shape index (κ2) is 4.92. The number of rotatable bonds is 4. The highest BCUT2D eigenvalue weighted by Crippen LogP contribution is 2.08. The molecule has 1 heterocycles. The van der Waals surface area contributed by atoms with Crippen LogP contribution in [0.2, 0.25) is 5.28 Å². The molecule has 0 amide bonds. The van der Waals surface area contributed by atoms with E-state index in [2.05, 4.69) is 25.7 Å². The highest BCUT2D eigenvalue weighted by molar-refractivity contribution is 6.28. The van der Waals surface area contributed by atoms with Crippen molar-refractivity contribution in [3.63, 3.8) is 0 Å². The Morgan fingerprint density at radius 3 is 2.43 bits per heavy atom. The Labute approximate surface area is 87.7 Å². The molecular formula is C7H13ClN6. The first kappa shape index (κ1) is 10.9. The van der Waals surface area contributed by atoms with Crippen molar-refractivity contribution in [1.29, 1.82) is 0 Å². The van der Waals surface area contributed by atoms with E-state index in [1.165, 1.54) is 0 Å². The molecule has 7 heteroatoms. The smallest absolute Gasteiger partial charge is 0.243 e. The van der Waals surface area contributed by atoms with Crippen molar-refractivity contribution in [2.45, 2.75) is 6.92 Å². The van der Waals surface area contributed by atoms with Gasteiger partial charge < -0.3 is 5.32 Å². The number of nitrogens with zero attached hydrogens (tertiary/aromatic N) is 4. The normalized spacial score (nSPS) is 10.4. The third kappa shape index (κ3) is 3.31. The molecule has 2 N–H and O–H groups in total. The topological polar surface area (TPSA) is 66.0 Å². The fraction of sp³-hybridized carbons (Fsp3) is 0.571. The Bertz CT molecular complexity index is 302. The Morgan fingerprint density at radius 2 is 1.86 bits per heavy atom. The van der Waals surface area contributed by atoms with Crippen LogP contribution in [0.4, 0.5) is 11.9 Å². The lowest BCUT2D eigenvalue weighted by atomic mass is 10.7. The van der Waals surface area contributed by atoms with Crippen molar-refractivity contribution in [1.82, 2.24) is 20.0 Å². The minimum atomic E-state index is 0.167. The van der Waals surface area contributed by atoms with E-state index >= 15 is 0 Å². The van der Waals surface area contributed by atoms with Crippen LogP contribution in [0.3, 0.4) is 0 Å². The molecular weight excluding hydrogens is 204 g/mol. The van der Waals surface area contributed by atoms with Gasteiger partial charge in [-0.3, -0.25) is 5.43 Å². The van der Waals surface area contributed by atoms with Gasteiger partial charge in [0.1, 0.15) is 0 Å². The summed E-state index contributed by atoms with van der Waals surface area (Å²) in [5, 5.41) is 4.85. The minimum absolute atomic E-state index is 0.167. The molecule has 0 saturated carbocycles. The molecule has 0 aliphatic rings. The standard InChI is InChI=1S/C7H13ClN6/c1-4-9-6-10-5(8)11-7(12-6)13-14(2)3/h4H2,1-3H3,(H2,9,10,11,12,13). The maximum atomic E-state index is 5.71. The quantitative estimate of drug-likeness (QED) is 0.728. The summed E-state index contributed by atoms with van der Waals surface area (Å²) in [5.41, 5.74) is 2.89. The van der Waals surface area contributed by atoms with Gasteiger partial charge in [-0.15, -0.1) is 0 Å². The predicted molar refractivity (Wildman–Crippen MR) is 56.3 cm³/mol. The molecule has 1 rings (SSSR count). The summed E-state index contributed by atoms with van der Waals surface area (Å²) in [6.07, 6.45) is 0. The van der Waals surface area contributed by atoms with Crippen molar-refractivity contribution < 1.29 is 0 Å². The van der Waals surface area contributed by atoms with Gasteiger partial charge in [-0.05, 0) is 18.5 Å². The zero-order valence-corrected chi connectivity index (χ0v) is 9.13. The van der Waals surface area contributed by atoms with Crippen molar-refractivity contribution in [2.75, 3.05) is 31.4 Å². The zero-order chi connectivity index (χ0) is 10.6. The second-order valence-corrected chi connectivity index (χ2v) is 3.13. The summed E-state index contributed by atoms with van der Waals surface area (Å²) in [5.74, 6) is 0.891. The predicted octanol–water partition coefficient (Wildman–Crippen LogP) is 0.845. The van der Waals surface area contributed by atoms with E-state index in [0.717, 1.165) is 6.54 Å². The van der Waals surface area contributed by atoms with E-state index in [0.29, 0.717) is 11.9 Å². The van der Waals surface area contributed by atoms with Crippen LogP contribution in [0.5, 0.6) is 0 Å². The lowest BCUT2D eigenvalue weighted by molar-refractivity contribution is 0.488. The summed E-state index contributed by atoms with van der Waals surface area (Å²) in [6.45, 7) is 2.69. The summed E-state index contributed by atoms with van der Waals surface area (Å²) >= 11 is 5.71. The number of nitrogens with one attached hydrogen (secondary N) is 2. The highest BCUT2D eigenvalue weighted by atomic mass is 35.5. The first-order chi connectivity index (χ1) is 6.61. The minimum Gasteiger partial charge on any atom is -0.354 e. The molecule has 0 spiro atoms. The molecule has 0 radical (unpaired) electrons. The van der Waals surface area contributed by atoms with Crippen LogP contribution in [0.25, 0.3) is 0 Å². The molecule has 14 heavy (non-hydrogen) atoms. The Balaban J connectivity index is 2.83. The number of hydrogen-bond acceptors (Lipinski definition) is 6. The van der Waals surface area contributed by atoms with Crippen LogP contribution in [0.1, 0.15) is 6.92 Å². The Morgan fingerprint density at radius 1 is 1.21 bits per heavy atom. The monoisotopic (exact) mass is 216 g/mol. The van der Waals surface area contributed by atoms with Gasteiger partial charge in [0.05, 0.1) is 0 Å². The Kier molecular flexibility index (Phi) is 3.84. The average Bonchev–Trinajstić information content (AvgIpc) is 2.01. The molecule has 0 aliphatic carbocycles. The Hall–Kier alpha value is -1.14. The molecule has 1 aromatic heterocycles. The maximum Gasteiger partial charge on any atom is 0.243 e. The molecule has 0 aromatic carbocycles. The van der Waals surface area contributed by atoms with Crippen LogP contribution in [-0.4, -0.2) is 40.6 Å². The molecule has 0 bridgehead atoms. The molecule has 0 unspecified atom stereocenters. The van der Waals surface area contributed by atoms with Crippen LogP contribution in [0.15, 0.2) is 0 Å². The van der Waals surface area contributed by atoms with Gasteiger partial charge in [-0.1, -0.05) is 0 Å². The fourth-order valence-corrected chi connectivity index (χ4v) is 0.997. The third-order valence-electron chi connectivity index (χ3n) is 1.27. The number of aromatic nitrogens is 3. The summed E-state index contributed by atoms with van der Waals surface area (Å²) in [4.78, 5) is 11.9. The third-order valence-corrected chi connectivity index (χ3v) is 1.44. The number of hydrogen-bond donors (Lipinski definition) is 2. The SMILES string of the molecule is CCNc1nc(Cl)nc(NN(C)C)n1. The van der Waals surface area contributed by atoms with Gasteiger partial charge >= 0.3 is 0 Å². The van der Waals surface area contributed by atoms with Gasteiger partial charge in [0, 0.05) is 20.6 Å². The number of anilines is 2. The zero-order valence-electron chi connectivity index (χ0n) is 8.37. The number of halogens is 1. The van der Waals surface area contributed by atoms with Crippen LogP contribution >= 0.6 is 11.6 Å². The van der Waals surface area contributed by atoms with Gasteiger partial charge in [-0.2, -0.15) is 15.0 Å². The molecule has 0 fully saturated rings. The number of hydrazine groups is 1. The largest absolute Gasteiger partial charge is 0.354 e. The van der Waals surface area contributed by atoms with Crippen LogP contribution < -0.4 is 10.7 Å². The van der Waals surface area contributed by atoms with Crippen molar-refractivity contribution in [2.24, 2.45) is 0 Å². The van der Waals surface area contributed by atoms with E-state index in [1.807, 2.05) is 21.0 Å². The van der Waals surface area contributed by atoms with Gasteiger partial charge in [-0.25, -0.2) is 5.01 Å². The maximum absolute atomic E-state index is 5.71. The van der Waals surface area contributed by atoms with Crippen LogP contribution in [0, 0.1) is 0 Å². The van der Waals surface area contributed by atoms with Crippen molar-refractivity contribution >= 4 is 23.5 Å².